The zero-order valence-electron chi connectivity index (χ0n) is 12.7. The Morgan fingerprint density at radius 1 is 1.41 bits per heavy atom. The predicted molar refractivity (Wildman–Crippen MR) is 82.2 cm³/mol. The lowest BCUT2D eigenvalue weighted by molar-refractivity contribution is -0.125. The molecule has 6 heteroatoms. The van der Waals surface area contributed by atoms with E-state index in [1.54, 1.807) is 18.2 Å². The van der Waals surface area contributed by atoms with Crippen LogP contribution in [0, 0.1) is 0 Å². The minimum Gasteiger partial charge on any atom is -0.491 e. The van der Waals surface area contributed by atoms with Gasteiger partial charge in [0.1, 0.15) is 17.9 Å². The number of nitrogens with one attached hydrogen (secondary N) is 1. The molecule has 1 saturated heterocycles. The first-order valence-corrected chi connectivity index (χ1v) is 7.52. The summed E-state index contributed by atoms with van der Waals surface area (Å²) in [7, 11) is 1.89. The van der Waals surface area contributed by atoms with Gasteiger partial charge in [0.2, 0.25) is 5.91 Å². The van der Waals surface area contributed by atoms with Crippen LogP contribution in [0.1, 0.15) is 29.6 Å². The number of carboxylic acids is 1. The molecule has 0 spiro atoms. The normalized spacial score (nSPS) is 18.6. The molecule has 120 valence electrons. The highest BCUT2D eigenvalue weighted by Gasteiger charge is 2.24. The Labute approximate surface area is 130 Å². The summed E-state index contributed by atoms with van der Waals surface area (Å²) in [6.45, 7) is 1.64. The van der Waals surface area contributed by atoms with Gasteiger partial charge < -0.3 is 15.2 Å². The van der Waals surface area contributed by atoms with Gasteiger partial charge in [0, 0.05) is 13.1 Å². The molecule has 2 N–H and O–H groups in total. The Kier molecular flexibility index (Phi) is 5.77. The predicted octanol–water partition coefficient (Wildman–Crippen LogP) is 1.36. The van der Waals surface area contributed by atoms with Gasteiger partial charge in [-0.25, -0.2) is 4.79 Å². The highest BCUT2D eigenvalue weighted by Crippen LogP contribution is 2.18. The van der Waals surface area contributed by atoms with E-state index >= 15 is 0 Å². The van der Waals surface area contributed by atoms with E-state index in [9.17, 15) is 9.59 Å². The van der Waals surface area contributed by atoms with Crippen LogP contribution in [-0.4, -0.2) is 54.7 Å². The molecule has 1 unspecified atom stereocenters. The maximum atomic E-state index is 12.0. The fraction of sp³-hybridized carbons (Fsp3) is 0.500. The van der Waals surface area contributed by atoms with Crippen LogP contribution in [0.25, 0.3) is 0 Å². The number of carbonyl (C=O) groups excluding carboxylic acids is 1. The number of rotatable bonds is 6. The van der Waals surface area contributed by atoms with Crippen LogP contribution in [0.3, 0.4) is 0 Å². The lowest BCUT2D eigenvalue weighted by atomic mass is 10.1. The van der Waals surface area contributed by atoms with Crippen molar-refractivity contribution in [2.24, 2.45) is 0 Å². The van der Waals surface area contributed by atoms with Crippen molar-refractivity contribution in [3.8, 4) is 5.75 Å². The molecule has 1 atom stereocenters. The quantitative estimate of drug-likeness (QED) is 0.830. The molecule has 1 amide bonds. The van der Waals surface area contributed by atoms with Gasteiger partial charge in [-0.15, -0.1) is 0 Å². The van der Waals surface area contributed by atoms with Gasteiger partial charge in [0.25, 0.3) is 0 Å². The fourth-order valence-corrected chi connectivity index (χ4v) is 2.57. The van der Waals surface area contributed by atoms with E-state index in [-0.39, 0.29) is 17.5 Å². The number of aromatic carboxylic acids is 1. The van der Waals surface area contributed by atoms with Gasteiger partial charge >= 0.3 is 5.97 Å². The van der Waals surface area contributed by atoms with Crippen LogP contribution in [0.15, 0.2) is 24.3 Å². The number of hydrogen-bond donors (Lipinski definition) is 2. The molecule has 22 heavy (non-hydrogen) atoms. The summed E-state index contributed by atoms with van der Waals surface area (Å²) >= 11 is 0. The van der Waals surface area contributed by atoms with Crippen LogP contribution in [0.2, 0.25) is 0 Å². The summed E-state index contributed by atoms with van der Waals surface area (Å²) in [6.07, 6.45) is 2.88. The van der Waals surface area contributed by atoms with E-state index in [4.69, 9.17) is 9.84 Å². The van der Waals surface area contributed by atoms with Gasteiger partial charge in [-0.3, -0.25) is 9.69 Å². The van der Waals surface area contributed by atoms with Gasteiger partial charge in [-0.1, -0.05) is 12.1 Å². The number of hydrogen-bond acceptors (Lipinski definition) is 4. The van der Waals surface area contributed by atoms with Gasteiger partial charge in [-0.05, 0) is 38.4 Å². The molecule has 1 aromatic carbocycles. The molecule has 0 aromatic heterocycles. The first-order valence-electron chi connectivity index (χ1n) is 7.52. The molecule has 1 heterocycles. The third kappa shape index (κ3) is 4.21. The molecule has 1 aliphatic heterocycles. The van der Waals surface area contributed by atoms with Crippen molar-refractivity contribution in [3.63, 3.8) is 0 Å². The first-order chi connectivity index (χ1) is 10.6. The summed E-state index contributed by atoms with van der Waals surface area (Å²) in [5.41, 5.74) is 0.150. The van der Waals surface area contributed by atoms with Crippen molar-refractivity contribution in [2.75, 3.05) is 26.7 Å². The third-order valence-corrected chi connectivity index (χ3v) is 3.86. The van der Waals surface area contributed by atoms with Crippen LogP contribution in [-0.2, 0) is 4.79 Å². The van der Waals surface area contributed by atoms with Crippen LogP contribution in [0.5, 0.6) is 5.75 Å². The number of para-hydroxylation sites is 1. The second-order valence-corrected chi connectivity index (χ2v) is 5.43. The highest BCUT2D eigenvalue weighted by molar-refractivity contribution is 5.90. The molecule has 0 saturated carbocycles. The number of carbonyl (C=O) groups is 2. The summed E-state index contributed by atoms with van der Waals surface area (Å²) in [5, 5.41) is 12.0. The van der Waals surface area contributed by atoms with Gasteiger partial charge in [0.05, 0.1) is 6.04 Å². The van der Waals surface area contributed by atoms with Crippen molar-refractivity contribution in [2.45, 2.75) is 25.3 Å². The monoisotopic (exact) mass is 306 g/mol. The maximum absolute atomic E-state index is 12.0. The molecule has 0 bridgehead atoms. The van der Waals surface area contributed by atoms with E-state index in [2.05, 4.69) is 5.32 Å². The topological polar surface area (TPSA) is 78.9 Å². The van der Waals surface area contributed by atoms with Crippen LogP contribution in [0.4, 0.5) is 0 Å². The minimum absolute atomic E-state index is 0.0611. The Morgan fingerprint density at radius 3 is 2.95 bits per heavy atom. The first kappa shape index (κ1) is 16.3. The summed E-state index contributed by atoms with van der Waals surface area (Å²) < 4.78 is 5.57. The Bertz CT molecular complexity index is 533. The molecular formula is C16H22N2O4. The van der Waals surface area contributed by atoms with Gasteiger partial charge in [-0.2, -0.15) is 0 Å². The second kappa shape index (κ2) is 7.79. The average Bonchev–Trinajstić information content (AvgIpc) is 2.72. The molecule has 2 rings (SSSR count). The largest absolute Gasteiger partial charge is 0.491 e. The zero-order valence-corrected chi connectivity index (χ0v) is 12.7. The van der Waals surface area contributed by atoms with Gasteiger partial charge in [0.15, 0.2) is 0 Å². The van der Waals surface area contributed by atoms with Crippen LogP contribution >= 0.6 is 0 Å². The Balaban J connectivity index is 1.88. The Hall–Kier alpha value is -2.08. The van der Waals surface area contributed by atoms with E-state index in [1.807, 2.05) is 11.9 Å². The Morgan fingerprint density at radius 2 is 2.18 bits per heavy atom. The average molecular weight is 306 g/mol. The van der Waals surface area contributed by atoms with E-state index in [0.29, 0.717) is 18.9 Å². The van der Waals surface area contributed by atoms with Crippen molar-refractivity contribution < 1.29 is 19.4 Å². The number of ether oxygens (including phenoxy) is 1. The van der Waals surface area contributed by atoms with Crippen molar-refractivity contribution in [1.82, 2.24) is 10.2 Å². The number of benzene rings is 1. The molecule has 1 aliphatic rings. The zero-order chi connectivity index (χ0) is 15.9. The lowest BCUT2D eigenvalue weighted by Crippen LogP contribution is -2.45. The summed E-state index contributed by atoms with van der Waals surface area (Å²) in [6, 6.07) is 6.42. The maximum Gasteiger partial charge on any atom is 0.339 e. The molecular weight excluding hydrogens is 284 g/mol. The number of likely N-dealkylation sites (N-methyl/N-ethyl adjacent to an activating group) is 1. The number of amides is 1. The smallest absolute Gasteiger partial charge is 0.339 e. The molecule has 0 radical (unpaired) electrons. The van der Waals surface area contributed by atoms with E-state index in [0.717, 1.165) is 25.8 Å². The SMILES string of the molecule is CN(CCOc1ccccc1C(=O)O)C1CCCCNC1=O. The molecule has 1 aromatic rings. The van der Waals surface area contributed by atoms with Crippen molar-refractivity contribution in [1.29, 1.82) is 0 Å². The van der Waals surface area contributed by atoms with Crippen LogP contribution < -0.4 is 10.1 Å². The fourth-order valence-electron chi connectivity index (χ4n) is 2.57. The van der Waals surface area contributed by atoms with Crippen molar-refractivity contribution in [3.05, 3.63) is 29.8 Å². The van der Waals surface area contributed by atoms with E-state index in [1.165, 1.54) is 6.07 Å². The summed E-state index contributed by atoms with van der Waals surface area (Å²) in [4.78, 5) is 25.0. The molecule has 0 aliphatic carbocycles. The second-order valence-electron chi connectivity index (χ2n) is 5.43. The van der Waals surface area contributed by atoms with E-state index < -0.39 is 5.97 Å². The summed E-state index contributed by atoms with van der Waals surface area (Å²) in [5.74, 6) is -0.591. The van der Waals surface area contributed by atoms with Crippen molar-refractivity contribution >= 4 is 11.9 Å². The lowest BCUT2D eigenvalue weighted by Gasteiger charge is -2.25. The number of nitrogens with zero attached hydrogens (tertiary/aromatic N) is 1. The standard InChI is InChI=1S/C16H22N2O4/c1-18(13-7-4-5-9-17-15(13)19)10-11-22-14-8-3-2-6-12(14)16(20)21/h2-3,6,8,13H,4-5,7,9-11H2,1H3,(H,17,19)(H,20,21). The molecule has 1 fully saturated rings. The highest BCUT2D eigenvalue weighted by atomic mass is 16.5. The third-order valence-electron chi connectivity index (χ3n) is 3.86. The minimum atomic E-state index is -1.01. The molecule has 6 nitrogen and oxygen atoms in total. The number of carboxylic acid groups (broad SMARTS) is 1.